The average Bonchev–Trinajstić information content (AvgIpc) is 2.86. The highest BCUT2D eigenvalue weighted by molar-refractivity contribution is 6.04. The lowest BCUT2D eigenvalue weighted by Crippen LogP contribution is -2.46. The van der Waals surface area contributed by atoms with Crippen molar-refractivity contribution in [3.63, 3.8) is 0 Å². The van der Waals surface area contributed by atoms with Gasteiger partial charge in [0.15, 0.2) is 6.10 Å². The Hall–Kier alpha value is -4.26. The monoisotopic (exact) mass is 458 g/mol. The van der Waals surface area contributed by atoms with Crippen LogP contribution in [0.3, 0.4) is 0 Å². The van der Waals surface area contributed by atoms with Crippen LogP contribution in [0.4, 0.5) is 11.4 Å². The van der Waals surface area contributed by atoms with Gasteiger partial charge < -0.3 is 24.4 Å². The number of carbonyl (C=O) groups excluding carboxylic acids is 2. The van der Waals surface area contributed by atoms with Crippen molar-refractivity contribution >= 4 is 29.3 Å². The molecule has 174 valence electrons. The molecule has 7 heteroatoms. The topological polar surface area (TPSA) is 77.1 Å². The molecule has 4 rings (SSSR count). The number of hydrogen-bond acceptors (Lipinski definition) is 5. The zero-order chi connectivity index (χ0) is 23.9. The molecular formula is C27H26N2O5. The summed E-state index contributed by atoms with van der Waals surface area (Å²) in [5.74, 6) is 1.58. The standard InChI is InChI=1S/C27H26N2O5/c1-19-27(31)29(15-16-33-22-8-4-3-5-9-22)24-18-21(12-13-25(24)34-19)28-26(30)14-11-20-7-6-10-23(17-20)32-2/h3-14,17-19H,15-16H2,1-2H3,(H,28,30)/b14-11+. The van der Waals surface area contributed by atoms with E-state index in [1.54, 1.807) is 43.2 Å². The van der Waals surface area contributed by atoms with Crippen LogP contribution in [0.25, 0.3) is 6.08 Å². The molecule has 7 nitrogen and oxygen atoms in total. The first-order chi connectivity index (χ1) is 16.5. The molecule has 1 aliphatic rings. The summed E-state index contributed by atoms with van der Waals surface area (Å²) < 4.78 is 16.7. The van der Waals surface area contributed by atoms with Gasteiger partial charge in [-0.05, 0) is 61.0 Å². The van der Waals surface area contributed by atoms with Crippen LogP contribution in [0.1, 0.15) is 12.5 Å². The molecule has 1 heterocycles. The van der Waals surface area contributed by atoms with Gasteiger partial charge >= 0.3 is 0 Å². The smallest absolute Gasteiger partial charge is 0.267 e. The SMILES string of the molecule is COc1cccc(/C=C/C(=O)Nc2ccc3c(c2)N(CCOc2ccccc2)C(=O)C(C)O3)c1. The van der Waals surface area contributed by atoms with E-state index in [1.807, 2.05) is 54.6 Å². The summed E-state index contributed by atoms with van der Waals surface area (Å²) in [6.07, 6.45) is 2.55. The first kappa shape index (κ1) is 22.9. The molecule has 3 aromatic carbocycles. The Morgan fingerprint density at radius 2 is 1.85 bits per heavy atom. The second kappa shape index (κ2) is 10.6. The largest absolute Gasteiger partial charge is 0.497 e. The van der Waals surface area contributed by atoms with Crippen molar-refractivity contribution in [1.29, 1.82) is 0 Å². The summed E-state index contributed by atoms with van der Waals surface area (Å²) in [4.78, 5) is 26.9. The van der Waals surface area contributed by atoms with Gasteiger partial charge in [-0.25, -0.2) is 0 Å². The lowest BCUT2D eigenvalue weighted by Gasteiger charge is -2.33. The molecule has 0 aliphatic carbocycles. The van der Waals surface area contributed by atoms with Crippen LogP contribution < -0.4 is 24.4 Å². The zero-order valence-electron chi connectivity index (χ0n) is 19.1. The van der Waals surface area contributed by atoms with Gasteiger partial charge in [0.1, 0.15) is 23.9 Å². The number of carbonyl (C=O) groups is 2. The molecule has 1 atom stereocenters. The Morgan fingerprint density at radius 1 is 1.06 bits per heavy atom. The molecule has 0 saturated carbocycles. The highest BCUT2D eigenvalue weighted by Crippen LogP contribution is 2.36. The molecule has 0 bridgehead atoms. The normalized spacial score (nSPS) is 14.9. The van der Waals surface area contributed by atoms with Gasteiger partial charge in [-0.2, -0.15) is 0 Å². The highest BCUT2D eigenvalue weighted by Gasteiger charge is 2.31. The lowest BCUT2D eigenvalue weighted by molar-refractivity contribution is -0.125. The van der Waals surface area contributed by atoms with Crippen LogP contribution >= 0.6 is 0 Å². The van der Waals surface area contributed by atoms with E-state index in [1.165, 1.54) is 6.08 Å². The van der Waals surface area contributed by atoms with E-state index < -0.39 is 6.10 Å². The van der Waals surface area contributed by atoms with Crippen molar-refractivity contribution in [2.75, 3.05) is 30.5 Å². The minimum absolute atomic E-state index is 0.162. The van der Waals surface area contributed by atoms with E-state index in [0.717, 1.165) is 11.3 Å². The van der Waals surface area contributed by atoms with Crippen molar-refractivity contribution in [3.8, 4) is 17.2 Å². The molecule has 0 aromatic heterocycles. The summed E-state index contributed by atoms with van der Waals surface area (Å²) in [5.41, 5.74) is 1.99. The quantitative estimate of drug-likeness (QED) is 0.502. The average molecular weight is 459 g/mol. The van der Waals surface area contributed by atoms with Crippen LogP contribution in [0, 0.1) is 0 Å². The van der Waals surface area contributed by atoms with Crippen LogP contribution in [0.2, 0.25) is 0 Å². The Kier molecular flexibility index (Phi) is 7.13. The fourth-order valence-corrected chi connectivity index (χ4v) is 3.59. The number of ether oxygens (including phenoxy) is 3. The van der Waals surface area contributed by atoms with E-state index >= 15 is 0 Å². The van der Waals surface area contributed by atoms with E-state index in [2.05, 4.69) is 5.32 Å². The van der Waals surface area contributed by atoms with E-state index in [9.17, 15) is 9.59 Å². The van der Waals surface area contributed by atoms with E-state index in [-0.39, 0.29) is 11.8 Å². The van der Waals surface area contributed by atoms with Crippen LogP contribution in [0.5, 0.6) is 17.2 Å². The Morgan fingerprint density at radius 3 is 2.65 bits per heavy atom. The molecule has 2 amide bonds. The van der Waals surface area contributed by atoms with Crippen molar-refractivity contribution in [2.45, 2.75) is 13.0 Å². The van der Waals surface area contributed by atoms with Gasteiger partial charge in [0.25, 0.3) is 5.91 Å². The summed E-state index contributed by atoms with van der Waals surface area (Å²) in [6.45, 7) is 2.39. The third kappa shape index (κ3) is 5.56. The lowest BCUT2D eigenvalue weighted by atomic mass is 10.1. The van der Waals surface area contributed by atoms with Crippen LogP contribution in [-0.4, -0.2) is 38.2 Å². The molecule has 34 heavy (non-hydrogen) atoms. The van der Waals surface area contributed by atoms with Gasteiger partial charge in [-0.3, -0.25) is 9.59 Å². The van der Waals surface area contributed by atoms with E-state index in [4.69, 9.17) is 14.2 Å². The number of hydrogen-bond donors (Lipinski definition) is 1. The summed E-state index contributed by atoms with van der Waals surface area (Å²) in [7, 11) is 1.60. The number of rotatable bonds is 8. The maximum atomic E-state index is 12.8. The summed E-state index contributed by atoms with van der Waals surface area (Å²) >= 11 is 0. The zero-order valence-corrected chi connectivity index (χ0v) is 19.1. The van der Waals surface area contributed by atoms with Crippen molar-refractivity contribution in [3.05, 3.63) is 84.4 Å². The number of nitrogens with one attached hydrogen (secondary N) is 1. The molecule has 1 unspecified atom stereocenters. The van der Waals surface area contributed by atoms with Gasteiger partial charge in [0, 0.05) is 11.8 Å². The minimum atomic E-state index is -0.601. The second-order valence-electron chi connectivity index (χ2n) is 7.69. The van der Waals surface area contributed by atoms with Crippen LogP contribution in [0.15, 0.2) is 78.9 Å². The van der Waals surface area contributed by atoms with Gasteiger partial charge in [-0.1, -0.05) is 30.3 Å². The molecule has 0 spiro atoms. The molecule has 1 aliphatic heterocycles. The number of nitrogens with zero attached hydrogens (tertiary/aromatic N) is 1. The number of benzene rings is 3. The number of fused-ring (bicyclic) bond motifs is 1. The fourth-order valence-electron chi connectivity index (χ4n) is 3.59. The fraction of sp³-hybridized carbons (Fsp3) is 0.185. The number of anilines is 2. The van der Waals surface area contributed by atoms with Crippen molar-refractivity contribution in [2.24, 2.45) is 0 Å². The van der Waals surface area contributed by atoms with Gasteiger partial charge in [-0.15, -0.1) is 0 Å². The molecular weight excluding hydrogens is 432 g/mol. The second-order valence-corrected chi connectivity index (χ2v) is 7.69. The number of para-hydroxylation sites is 1. The third-order valence-corrected chi connectivity index (χ3v) is 5.28. The van der Waals surface area contributed by atoms with Crippen molar-refractivity contribution < 1.29 is 23.8 Å². The predicted octanol–water partition coefficient (Wildman–Crippen LogP) is 4.54. The van der Waals surface area contributed by atoms with Crippen LogP contribution in [-0.2, 0) is 9.59 Å². The Labute approximate surface area is 198 Å². The molecule has 0 radical (unpaired) electrons. The van der Waals surface area contributed by atoms with Gasteiger partial charge in [0.05, 0.1) is 19.3 Å². The Bertz CT molecular complexity index is 1190. The minimum Gasteiger partial charge on any atom is -0.497 e. The number of amides is 2. The molecule has 1 N–H and O–H groups in total. The van der Waals surface area contributed by atoms with Crippen molar-refractivity contribution in [1.82, 2.24) is 0 Å². The first-order valence-electron chi connectivity index (χ1n) is 11.0. The maximum absolute atomic E-state index is 12.8. The summed E-state index contributed by atoms with van der Waals surface area (Å²) in [6, 6.07) is 22.1. The molecule has 3 aromatic rings. The Balaban J connectivity index is 1.45. The van der Waals surface area contributed by atoms with Gasteiger partial charge in [0.2, 0.25) is 5.91 Å². The maximum Gasteiger partial charge on any atom is 0.267 e. The first-order valence-corrected chi connectivity index (χ1v) is 11.0. The summed E-state index contributed by atoms with van der Waals surface area (Å²) in [5, 5.41) is 2.84. The third-order valence-electron chi connectivity index (χ3n) is 5.28. The molecule has 0 saturated heterocycles. The number of methoxy groups -OCH3 is 1. The van der Waals surface area contributed by atoms with E-state index in [0.29, 0.717) is 36.0 Å². The highest BCUT2D eigenvalue weighted by atomic mass is 16.5. The molecule has 0 fully saturated rings. The predicted molar refractivity (Wildman–Crippen MR) is 131 cm³/mol.